The highest BCUT2D eigenvalue weighted by Gasteiger charge is 2.35. The summed E-state index contributed by atoms with van der Waals surface area (Å²) in [5, 5.41) is 4.10. The van der Waals surface area contributed by atoms with Crippen LogP contribution in [-0.2, 0) is 13.5 Å². The van der Waals surface area contributed by atoms with Gasteiger partial charge in [0, 0.05) is 25.0 Å². The minimum atomic E-state index is 0.00937. The molecule has 0 aliphatic carbocycles. The lowest BCUT2D eigenvalue weighted by Gasteiger charge is -2.44. The molecule has 2 N–H and O–H groups in total. The molecule has 0 saturated carbocycles. The van der Waals surface area contributed by atoms with Crippen LogP contribution >= 0.6 is 0 Å². The number of nitrogens with two attached hydrogens (primary N) is 1. The van der Waals surface area contributed by atoms with E-state index in [-0.39, 0.29) is 11.6 Å². The first-order valence-electron chi connectivity index (χ1n) is 6.83. The van der Waals surface area contributed by atoms with E-state index in [1.54, 1.807) is 11.0 Å². The summed E-state index contributed by atoms with van der Waals surface area (Å²) >= 11 is 0. The lowest BCUT2D eigenvalue weighted by Crippen LogP contribution is -2.58. The lowest BCUT2D eigenvalue weighted by molar-refractivity contribution is 0.0835. The first kappa shape index (κ1) is 15.1. The molecule has 1 aromatic rings. The zero-order valence-corrected chi connectivity index (χ0v) is 12.3. The Balaban J connectivity index is 2.84. The predicted octanol–water partition coefficient (Wildman–Crippen LogP) is 1.20. The number of aromatic nitrogens is 3. The second-order valence-electron chi connectivity index (χ2n) is 4.99. The van der Waals surface area contributed by atoms with Gasteiger partial charge in [-0.2, -0.15) is 5.10 Å². The summed E-state index contributed by atoms with van der Waals surface area (Å²) in [6, 6.07) is 0.0605. The molecule has 1 heterocycles. The van der Waals surface area contributed by atoms with Crippen LogP contribution < -0.4 is 5.73 Å². The van der Waals surface area contributed by atoms with Crippen LogP contribution in [0.2, 0.25) is 0 Å². The van der Waals surface area contributed by atoms with Crippen LogP contribution in [0, 0.1) is 0 Å². The molecule has 0 fully saturated rings. The van der Waals surface area contributed by atoms with Crippen molar-refractivity contribution in [2.45, 2.75) is 52.1 Å². The van der Waals surface area contributed by atoms with Crippen molar-refractivity contribution in [2.24, 2.45) is 12.8 Å². The standard InChI is InChI=1S/C13H27N5/c1-6-13(4,18(7-2)8-3)11(14)9-12-15-10-16-17(12)5/h10-11H,6-9,14H2,1-5H3. The molecule has 0 amide bonds. The van der Waals surface area contributed by atoms with Gasteiger partial charge in [-0.1, -0.05) is 20.8 Å². The summed E-state index contributed by atoms with van der Waals surface area (Å²) in [6.07, 6.45) is 3.38. The Hall–Kier alpha value is -0.940. The van der Waals surface area contributed by atoms with Gasteiger partial charge in [0.25, 0.3) is 0 Å². The van der Waals surface area contributed by atoms with Gasteiger partial charge in [0.15, 0.2) is 0 Å². The largest absolute Gasteiger partial charge is 0.326 e. The number of rotatable bonds is 7. The van der Waals surface area contributed by atoms with E-state index in [2.05, 4.69) is 42.7 Å². The Kier molecular flexibility index (Phi) is 5.28. The van der Waals surface area contributed by atoms with Gasteiger partial charge >= 0.3 is 0 Å². The normalized spacial score (nSPS) is 16.8. The summed E-state index contributed by atoms with van der Waals surface area (Å²) in [5.74, 6) is 0.953. The first-order valence-corrected chi connectivity index (χ1v) is 6.83. The molecule has 0 bridgehead atoms. The van der Waals surface area contributed by atoms with E-state index in [1.165, 1.54) is 0 Å². The van der Waals surface area contributed by atoms with Crippen LogP contribution in [0.3, 0.4) is 0 Å². The fourth-order valence-electron chi connectivity index (χ4n) is 2.59. The van der Waals surface area contributed by atoms with E-state index in [0.717, 1.165) is 31.8 Å². The fourth-order valence-corrected chi connectivity index (χ4v) is 2.59. The van der Waals surface area contributed by atoms with Gasteiger partial charge in [-0.3, -0.25) is 9.58 Å². The molecule has 1 rings (SSSR count). The zero-order chi connectivity index (χ0) is 13.8. The van der Waals surface area contributed by atoms with Crippen molar-refractivity contribution >= 4 is 0 Å². The van der Waals surface area contributed by atoms with Crippen molar-refractivity contribution in [3.05, 3.63) is 12.2 Å². The van der Waals surface area contributed by atoms with E-state index in [1.807, 2.05) is 7.05 Å². The van der Waals surface area contributed by atoms with Crippen molar-refractivity contribution in [3.8, 4) is 0 Å². The molecular weight excluding hydrogens is 226 g/mol. The van der Waals surface area contributed by atoms with Crippen LogP contribution in [-0.4, -0.2) is 44.3 Å². The van der Waals surface area contributed by atoms with Crippen LogP contribution in [0.5, 0.6) is 0 Å². The Morgan fingerprint density at radius 2 is 2.00 bits per heavy atom. The highest BCUT2D eigenvalue weighted by atomic mass is 15.3. The summed E-state index contributed by atoms with van der Waals surface area (Å²) in [5.41, 5.74) is 6.46. The van der Waals surface area contributed by atoms with E-state index in [4.69, 9.17) is 5.73 Å². The zero-order valence-electron chi connectivity index (χ0n) is 12.3. The highest BCUT2D eigenvalue weighted by Crippen LogP contribution is 2.24. The van der Waals surface area contributed by atoms with Gasteiger partial charge in [0.1, 0.15) is 12.2 Å². The van der Waals surface area contributed by atoms with Crippen LogP contribution in [0.1, 0.15) is 39.9 Å². The Morgan fingerprint density at radius 1 is 1.39 bits per heavy atom. The van der Waals surface area contributed by atoms with Crippen molar-refractivity contribution in [1.82, 2.24) is 19.7 Å². The maximum atomic E-state index is 6.45. The molecule has 0 radical (unpaired) electrons. The molecule has 0 spiro atoms. The quantitative estimate of drug-likeness (QED) is 0.793. The highest BCUT2D eigenvalue weighted by molar-refractivity contribution is 5.00. The van der Waals surface area contributed by atoms with Gasteiger partial charge in [-0.15, -0.1) is 0 Å². The molecule has 0 aliphatic rings. The number of aryl methyl sites for hydroxylation is 1. The monoisotopic (exact) mass is 253 g/mol. The summed E-state index contributed by atoms with van der Waals surface area (Å²) in [7, 11) is 1.91. The Morgan fingerprint density at radius 3 is 2.39 bits per heavy atom. The molecule has 5 nitrogen and oxygen atoms in total. The predicted molar refractivity (Wildman–Crippen MR) is 74.3 cm³/mol. The van der Waals surface area contributed by atoms with Crippen molar-refractivity contribution in [2.75, 3.05) is 13.1 Å². The van der Waals surface area contributed by atoms with E-state index in [9.17, 15) is 0 Å². The SMILES string of the molecule is CCN(CC)C(C)(CC)C(N)Cc1ncnn1C. The number of nitrogens with zero attached hydrogens (tertiary/aromatic N) is 4. The van der Waals surface area contributed by atoms with Crippen LogP contribution in [0.25, 0.3) is 0 Å². The molecule has 5 heteroatoms. The third-order valence-corrected chi connectivity index (χ3v) is 4.21. The lowest BCUT2D eigenvalue weighted by atomic mass is 9.85. The van der Waals surface area contributed by atoms with Crippen LogP contribution in [0.4, 0.5) is 0 Å². The molecule has 1 aromatic heterocycles. The molecular formula is C13H27N5. The Bertz CT molecular complexity index is 358. The summed E-state index contributed by atoms with van der Waals surface area (Å²) in [6.45, 7) is 10.9. The van der Waals surface area contributed by atoms with E-state index in [0.29, 0.717) is 0 Å². The number of hydrogen-bond donors (Lipinski definition) is 1. The van der Waals surface area contributed by atoms with E-state index >= 15 is 0 Å². The topological polar surface area (TPSA) is 60.0 Å². The van der Waals surface area contributed by atoms with Gasteiger partial charge in [-0.25, -0.2) is 4.98 Å². The van der Waals surface area contributed by atoms with Gasteiger partial charge in [-0.05, 0) is 26.4 Å². The van der Waals surface area contributed by atoms with Crippen molar-refractivity contribution in [1.29, 1.82) is 0 Å². The van der Waals surface area contributed by atoms with Gasteiger partial charge < -0.3 is 5.73 Å². The van der Waals surface area contributed by atoms with Gasteiger partial charge in [0.2, 0.25) is 0 Å². The molecule has 104 valence electrons. The molecule has 2 unspecified atom stereocenters. The maximum absolute atomic E-state index is 6.45. The molecule has 0 aliphatic heterocycles. The average molecular weight is 253 g/mol. The molecule has 2 atom stereocenters. The number of likely N-dealkylation sites (N-methyl/N-ethyl adjacent to an activating group) is 1. The van der Waals surface area contributed by atoms with Crippen molar-refractivity contribution < 1.29 is 0 Å². The third kappa shape index (κ3) is 2.90. The molecule has 0 aromatic carbocycles. The molecule has 18 heavy (non-hydrogen) atoms. The summed E-state index contributed by atoms with van der Waals surface area (Å²) in [4.78, 5) is 6.71. The first-order chi connectivity index (χ1) is 8.49. The second-order valence-corrected chi connectivity index (χ2v) is 4.99. The average Bonchev–Trinajstić information content (AvgIpc) is 2.76. The third-order valence-electron chi connectivity index (χ3n) is 4.21. The van der Waals surface area contributed by atoms with Gasteiger partial charge in [0.05, 0.1) is 0 Å². The smallest absolute Gasteiger partial charge is 0.138 e. The number of hydrogen-bond acceptors (Lipinski definition) is 4. The second kappa shape index (κ2) is 6.29. The molecule has 0 saturated heterocycles. The Labute approximate surface area is 110 Å². The van der Waals surface area contributed by atoms with Crippen molar-refractivity contribution in [3.63, 3.8) is 0 Å². The minimum absolute atomic E-state index is 0.00937. The minimum Gasteiger partial charge on any atom is -0.326 e. The van der Waals surface area contributed by atoms with E-state index < -0.39 is 0 Å². The fraction of sp³-hybridized carbons (Fsp3) is 0.846. The maximum Gasteiger partial charge on any atom is 0.138 e. The summed E-state index contributed by atoms with van der Waals surface area (Å²) < 4.78 is 1.80. The van der Waals surface area contributed by atoms with Crippen LogP contribution in [0.15, 0.2) is 6.33 Å².